The number of nitrogens with zero attached hydrogens (tertiary/aromatic N) is 7. The summed E-state index contributed by atoms with van der Waals surface area (Å²) in [6.45, 7) is 29.7. The van der Waals surface area contributed by atoms with Gasteiger partial charge < -0.3 is 55.6 Å². The quantitative estimate of drug-likeness (QED) is 0.117. The van der Waals surface area contributed by atoms with Crippen LogP contribution in [0.1, 0.15) is 162 Å². The largest absolute Gasteiger partial charge is 0.343 e. The Bertz CT molecular complexity index is 2730. The van der Waals surface area contributed by atoms with Crippen molar-refractivity contribution in [3.8, 4) is 0 Å². The van der Waals surface area contributed by atoms with Crippen LogP contribution in [-0.4, -0.2) is 221 Å². The molecule has 0 spiro atoms. The first kappa shape index (κ1) is 80.9. The van der Waals surface area contributed by atoms with Crippen LogP contribution in [0.3, 0.4) is 0 Å². The Labute approximate surface area is 549 Å². The van der Waals surface area contributed by atoms with Crippen LogP contribution in [0.4, 0.5) is 0 Å². The monoisotopic (exact) mass is 1290 g/mol. The minimum Gasteiger partial charge on any atom is -0.343 e. The predicted octanol–water partition coefficient (Wildman–Crippen LogP) is 5.09. The van der Waals surface area contributed by atoms with E-state index in [1.54, 1.807) is 91.0 Å². The summed E-state index contributed by atoms with van der Waals surface area (Å²) in [5, 5.41) is 11.1. The fraction of sp³-hybridized carbons (Fsp3) is 0.710. The topological polar surface area (TPSA) is 276 Å². The van der Waals surface area contributed by atoms with E-state index in [0.717, 1.165) is 4.90 Å². The third-order valence-corrected chi connectivity index (χ3v) is 17.4. The summed E-state index contributed by atoms with van der Waals surface area (Å²) in [6, 6.07) is -5.31. The van der Waals surface area contributed by atoms with Crippen LogP contribution >= 0.6 is 0 Å². The van der Waals surface area contributed by atoms with Crippen molar-refractivity contribution in [3.63, 3.8) is 0 Å². The number of rotatable bonds is 17. The van der Waals surface area contributed by atoms with Crippen molar-refractivity contribution >= 4 is 70.8 Å². The van der Waals surface area contributed by atoms with Gasteiger partial charge in [0.05, 0.1) is 0 Å². The second-order valence-electron chi connectivity index (χ2n) is 27.8. The van der Waals surface area contributed by atoms with Gasteiger partial charge in [-0.2, -0.15) is 0 Å². The molecule has 23 nitrogen and oxygen atoms in total. The zero-order valence-electron chi connectivity index (χ0n) is 59.9. The van der Waals surface area contributed by atoms with E-state index in [-0.39, 0.29) is 68.6 Å². The first-order chi connectivity index (χ1) is 42.7. The number of ketones is 1. The molecule has 23 heteroatoms. The molecule has 2 unspecified atom stereocenters. The minimum atomic E-state index is -1.84. The average Bonchev–Trinajstić information content (AvgIpc) is 0.814. The summed E-state index contributed by atoms with van der Waals surface area (Å²) in [7, 11) is 9.92. The highest BCUT2D eigenvalue weighted by Gasteiger charge is 2.46. The number of carbonyl (C=O) groups is 12. The lowest BCUT2D eigenvalue weighted by molar-refractivity contribution is -0.157. The summed E-state index contributed by atoms with van der Waals surface area (Å²) >= 11 is 0. The minimum absolute atomic E-state index is 0.0365. The molecule has 0 bridgehead atoms. The number of hydrogen-bond donors (Lipinski definition) is 4. The van der Waals surface area contributed by atoms with Gasteiger partial charge in [0, 0.05) is 61.7 Å². The third-order valence-electron chi connectivity index (χ3n) is 17.4. The normalized spacial score (nSPS) is 26.1. The zero-order chi connectivity index (χ0) is 70.7. The molecule has 1 heterocycles. The van der Waals surface area contributed by atoms with Crippen molar-refractivity contribution in [2.45, 2.75) is 229 Å². The third kappa shape index (κ3) is 22.0. The highest BCUT2D eigenvalue weighted by Crippen LogP contribution is 2.26. The number of nitrogens with one attached hydrogen (secondary N) is 4. The van der Waals surface area contributed by atoms with Crippen LogP contribution < -0.4 is 21.3 Å². The van der Waals surface area contributed by atoms with Gasteiger partial charge in [-0.25, -0.2) is 0 Å². The van der Waals surface area contributed by atoms with E-state index in [2.05, 4.69) is 21.3 Å². The fourth-order valence-corrected chi connectivity index (χ4v) is 11.7. The van der Waals surface area contributed by atoms with Gasteiger partial charge in [0.1, 0.15) is 60.4 Å². The van der Waals surface area contributed by atoms with E-state index in [0.29, 0.717) is 5.56 Å². The summed E-state index contributed by atoms with van der Waals surface area (Å²) in [5.74, 6) is -11.1. The van der Waals surface area contributed by atoms with Crippen LogP contribution in [0.25, 0.3) is 0 Å². The van der Waals surface area contributed by atoms with Crippen molar-refractivity contribution < 1.29 is 57.5 Å². The van der Waals surface area contributed by atoms with Gasteiger partial charge in [-0.15, -0.1) is 0 Å². The number of hydrogen-bond acceptors (Lipinski definition) is 12. The van der Waals surface area contributed by atoms with E-state index in [4.69, 9.17) is 0 Å². The summed E-state index contributed by atoms with van der Waals surface area (Å²) in [5.41, 5.74) is 0.661. The first-order valence-corrected chi connectivity index (χ1v) is 33.0. The van der Waals surface area contributed by atoms with E-state index in [1.807, 2.05) is 55.4 Å². The molecule has 0 saturated carbocycles. The summed E-state index contributed by atoms with van der Waals surface area (Å²) < 4.78 is 0. The fourth-order valence-electron chi connectivity index (χ4n) is 11.7. The summed E-state index contributed by atoms with van der Waals surface area (Å²) in [4.78, 5) is 187. The predicted molar refractivity (Wildman–Crippen MR) is 357 cm³/mol. The molecule has 11 amide bonds. The lowest BCUT2D eigenvalue weighted by Crippen LogP contribution is -2.63. The molecular formula is C69H115N11O12. The van der Waals surface area contributed by atoms with Crippen LogP contribution in [0.15, 0.2) is 42.5 Å². The van der Waals surface area contributed by atoms with Gasteiger partial charge in [0.15, 0.2) is 11.8 Å². The molecule has 92 heavy (non-hydrogen) atoms. The van der Waals surface area contributed by atoms with Gasteiger partial charge >= 0.3 is 0 Å². The first-order valence-electron chi connectivity index (χ1n) is 33.0. The smallest absolute Gasteiger partial charge is 0.251 e. The van der Waals surface area contributed by atoms with Crippen molar-refractivity contribution in [3.05, 3.63) is 48.0 Å². The zero-order valence-corrected chi connectivity index (χ0v) is 59.9. The Balaban J connectivity index is 3.12. The molecule has 12 atom stereocenters. The van der Waals surface area contributed by atoms with Crippen LogP contribution in [0.5, 0.6) is 0 Å². The molecule has 4 N–H and O–H groups in total. The van der Waals surface area contributed by atoms with Crippen molar-refractivity contribution in [1.82, 2.24) is 55.6 Å². The van der Waals surface area contributed by atoms with Gasteiger partial charge in [-0.3, -0.25) is 57.5 Å². The molecule has 518 valence electrons. The van der Waals surface area contributed by atoms with Crippen molar-refractivity contribution in [2.24, 2.45) is 41.4 Å². The maximum atomic E-state index is 15.3. The molecule has 1 aliphatic heterocycles. The highest BCUT2D eigenvalue weighted by molar-refractivity contribution is 6.10. The maximum Gasteiger partial charge on any atom is 0.251 e. The molecule has 1 saturated heterocycles. The molecular weight excluding hydrogens is 1170 g/mol. The Morgan fingerprint density at radius 2 is 0.859 bits per heavy atom. The number of carbonyl (C=O) groups excluding carboxylic acids is 12. The Morgan fingerprint density at radius 3 is 1.32 bits per heavy atom. The van der Waals surface area contributed by atoms with E-state index < -0.39 is 155 Å². The lowest BCUT2D eigenvalue weighted by Gasteiger charge is -2.41. The maximum absolute atomic E-state index is 15.3. The summed E-state index contributed by atoms with van der Waals surface area (Å²) in [6.07, 6.45) is 4.16. The van der Waals surface area contributed by atoms with Gasteiger partial charge in [0.2, 0.25) is 59.1 Å². The molecule has 1 aliphatic rings. The second kappa shape index (κ2) is 36.9. The lowest BCUT2D eigenvalue weighted by atomic mass is 9.92. The molecule has 1 aromatic rings. The number of likely N-dealkylation sites (N-methyl/N-ethyl adjacent to an activating group) is 7. The van der Waals surface area contributed by atoms with E-state index in [9.17, 15) is 28.8 Å². The van der Waals surface area contributed by atoms with E-state index in [1.165, 1.54) is 92.6 Å². The second-order valence-corrected chi connectivity index (χ2v) is 27.8. The highest BCUT2D eigenvalue weighted by atomic mass is 16.2. The van der Waals surface area contributed by atoms with Crippen molar-refractivity contribution in [1.29, 1.82) is 0 Å². The number of allylic oxidation sites excluding steroid dienone is 2. The molecule has 0 aliphatic carbocycles. The molecule has 1 fully saturated rings. The Hall–Kier alpha value is -7.20. The molecule has 1 aromatic carbocycles. The molecule has 0 aromatic heterocycles. The van der Waals surface area contributed by atoms with Crippen LogP contribution in [0, 0.1) is 41.4 Å². The number of amides is 11. The average molecular weight is 1290 g/mol. The van der Waals surface area contributed by atoms with Crippen molar-refractivity contribution in [2.75, 3.05) is 49.3 Å². The van der Waals surface area contributed by atoms with Gasteiger partial charge in [-0.05, 0) is 100 Å². The standard InChI is InChI=1S/C69H115N11O12/c1-25-27-31-45(15)58(81)57-62(85)72-49(26-2)64(87)77(21)54(38-48-32-29-28-30-33-48)66(89)74(18)51(35-40(5)6)61(84)73-55(43(11)12)68(91)75(19)50(34-39(3)4)60(83)70-46(16)59(82)71-47(17)63(86)76(20)52(36-41(7)8)65(88)78(22)53(37-42(9)10)67(90)79(23)56(44(13)14)69(92)80(57)24/h25,27-30,32-33,39-47,49-57H,26,31,34-38H2,1-24H3,(H,70,83)(H,71,82)(H,72,85)(H,73,84)/b27-25+/t45-,46+,47-,49?,50+,51+,52+,53+,54-,55+,56+,57?/m1/s1. The van der Waals surface area contributed by atoms with E-state index >= 15 is 28.8 Å². The van der Waals surface area contributed by atoms with Gasteiger partial charge in [0.25, 0.3) is 5.91 Å². The van der Waals surface area contributed by atoms with Crippen LogP contribution in [0.2, 0.25) is 0 Å². The number of Topliss-reactive ketones (excluding diaryl/α,β-unsaturated/α-hetero) is 1. The number of benzene rings is 1. The Morgan fingerprint density at radius 1 is 0.446 bits per heavy atom. The Kier molecular flexibility index (Phi) is 32.4. The SMILES string of the molecule is C/C=C/C[C@@H](C)C(=O)C1C(=O)NC(CC)C(=O)N(C)[C@H](Cc2ccccc2)C(=O)N(C)[C@@H](CC(C)C)C(=O)N[C@@H](C(C)C)C(=O)N(C)[C@@H](CC(C)C)C(=O)N[C@@H](C)C(=O)N[C@H](C)C(=O)N(C)[C@@H](CC(C)C)C(=O)N(C)[C@@H](CC(C)C)C(=O)N(C)[C@@H](C(C)C)C(=O)N1C. The molecule has 0 radical (unpaired) electrons. The molecule has 2 rings (SSSR count). The van der Waals surface area contributed by atoms with Gasteiger partial charge in [-0.1, -0.05) is 139 Å². The van der Waals surface area contributed by atoms with Crippen LogP contribution in [-0.2, 0) is 64.0 Å².